The number of carboxylic acid groups (broad SMARTS) is 1. The van der Waals surface area contributed by atoms with Crippen LogP contribution in [0.15, 0.2) is 0 Å². The van der Waals surface area contributed by atoms with E-state index in [0.717, 1.165) is 38.5 Å². The van der Waals surface area contributed by atoms with Crippen molar-refractivity contribution in [2.24, 2.45) is 0 Å². The average Bonchev–Trinajstić information content (AvgIpc) is 2.45. The Hall–Kier alpha value is -1.26. The van der Waals surface area contributed by atoms with Gasteiger partial charge in [-0.05, 0) is 25.7 Å². The molecule has 0 saturated heterocycles. The van der Waals surface area contributed by atoms with Gasteiger partial charge in [0.1, 0.15) is 0 Å². The summed E-state index contributed by atoms with van der Waals surface area (Å²) in [4.78, 5) is 24.1. The molecule has 0 aromatic rings. The molecule has 5 nitrogen and oxygen atoms in total. The van der Waals surface area contributed by atoms with Gasteiger partial charge in [-0.3, -0.25) is 4.79 Å². The molecule has 2 N–H and O–H groups in total. The molecule has 116 valence electrons. The third-order valence-electron chi connectivity index (χ3n) is 4.04. The van der Waals surface area contributed by atoms with Crippen molar-refractivity contribution in [3.63, 3.8) is 0 Å². The van der Waals surface area contributed by atoms with Crippen LogP contribution in [0.25, 0.3) is 0 Å². The Bertz CT molecular complexity index is 301. The normalized spacial score (nSPS) is 15.8. The molecule has 2 amide bonds. The minimum Gasteiger partial charge on any atom is -0.481 e. The average molecular weight is 284 g/mol. The molecule has 0 heterocycles. The number of aliphatic carboxylic acids is 1. The zero-order chi connectivity index (χ0) is 14.8. The molecule has 0 unspecified atom stereocenters. The minimum atomic E-state index is -0.729. The van der Waals surface area contributed by atoms with Crippen LogP contribution < -0.4 is 5.32 Å². The number of carboxylic acids is 1. The second-order valence-electron chi connectivity index (χ2n) is 5.69. The van der Waals surface area contributed by atoms with Crippen LogP contribution in [0.1, 0.15) is 64.2 Å². The van der Waals surface area contributed by atoms with E-state index >= 15 is 0 Å². The molecule has 1 aliphatic carbocycles. The number of nitrogens with zero attached hydrogens (tertiary/aromatic N) is 1. The summed E-state index contributed by atoms with van der Waals surface area (Å²) >= 11 is 0. The Balaban J connectivity index is 2.03. The second-order valence-corrected chi connectivity index (χ2v) is 5.69. The van der Waals surface area contributed by atoms with Crippen molar-refractivity contribution >= 4 is 12.0 Å². The summed E-state index contributed by atoms with van der Waals surface area (Å²) in [6.07, 6.45) is 9.78. The van der Waals surface area contributed by atoms with Gasteiger partial charge in [-0.2, -0.15) is 0 Å². The lowest BCUT2D eigenvalue weighted by molar-refractivity contribution is -0.137. The van der Waals surface area contributed by atoms with E-state index in [4.69, 9.17) is 5.11 Å². The minimum absolute atomic E-state index is 0.0300. The summed E-state index contributed by atoms with van der Waals surface area (Å²) in [5, 5.41) is 11.5. The molecule has 0 bridgehead atoms. The molecule has 0 aromatic carbocycles. The van der Waals surface area contributed by atoms with E-state index in [-0.39, 0.29) is 12.5 Å². The van der Waals surface area contributed by atoms with Crippen LogP contribution in [0, 0.1) is 0 Å². The Labute approximate surface area is 121 Å². The quantitative estimate of drug-likeness (QED) is 0.673. The fraction of sp³-hybridized carbons (Fsp3) is 0.867. The zero-order valence-corrected chi connectivity index (χ0v) is 12.6. The summed E-state index contributed by atoms with van der Waals surface area (Å²) in [5.74, 6) is -0.729. The molecule has 1 aliphatic rings. The van der Waals surface area contributed by atoms with Gasteiger partial charge in [-0.25, -0.2) is 4.79 Å². The van der Waals surface area contributed by atoms with E-state index in [2.05, 4.69) is 5.32 Å². The Morgan fingerprint density at radius 3 is 2.40 bits per heavy atom. The van der Waals surface area contributed by atoms with Gasteiger partial charge in [0.15, 0.2) is 0 Å². The largest absolute Gasteiger partial charge is 0.481 e. The number of hydrogen-bond acceptors (Lipinski definition) is 2. The highest BCUT2D eigenvalue weighted by Crippen LogP contribution is 2.21. The van der Waals surface area contributed by atoms with E-state index in [1.54, 1.807) is 0 Å². The van der Waals surface area contributed by atoms with Gasteiger partial charge < -0.3 is 15.3 Å². The van der Waals surface area contributed by atoms with Crippen molar-refractivity contribution < 1.29 is 14.7 Å². The predicted octanol–water partition coefficient (Wildman–Crippen LogP) is 3.00. The summed E-state index contributed by atoms with van der Waals surface area (Å²) < 4.78 is 0. The highest BCUT2D eigenvalue weighted by Gasteiger charge is 2.21. The zero-order valence-electron chi connectivity index (χ0n) is 12.6. The number of carbonyl (C=O) groups is 2. The molecular weight excluding hydrogens is 256 g/mol. The number of carbonyl (C=O) groups excluding carboxylic acids is 1. The lowest BCUT2D eigenvalue weighted by atomic mass is 9.95. The van der Waals surface area contributed by atoms with E-state index in [9.17, 15) is 9.59 Å². The van der Waals surface area contributed by atoms with Crippen molar-refractivity contribution in [3.05, 3.63) is 0 Å². The van der Waals surface area contributed by atoms with Crippen LogP contribution in [0.3, 0.4) is 0 Å². The van der Waals surface area contributed by atoms with Crippen LogP contribution in [0.5, 0.6) is 0 Å². The highest BCUT2D eigenvalue weighted by molar-refractivity contribution is 5.74. The van der Waals surface area contributed by atoms with E-state index in [1.165, 1.54) is 19.3 Å². The van der Waals surface area contributed by atoms with Crippen LogP contribution in [0.2, 0.25) is 0 Å². The Kier molecular flexibility index (Phi) is 8.07. The van der Waals surface area contributed by atoms with Gasteiger partial charge in [-0.15, -0.1) is 0 Å². The molecule has 5 heteroatoms. The first-order valence-electron chi connectivity index (χ1n) is 7.83. The summed E-state index contributed by atoms with van der Waals surface area (Å²) in [6, 6.07) is 0.432. The maximum atomic E-state index is 12.0. The van der Waals surface area contributed by atoms with Gasteiger partial charge in [0.25, 0.3) is 0 Å². The van der Waals surface area contributed by atoms with E-state index in [0.29, 0.717) is 12.6 Å². The lowest BCUT2D eigenvalue weighted by Crippen LogP contribution is -2.44. The first kappa shape index (κ1) is 16.8. The number of urea groups is 1. The Morgan fingerprint density at radius 1 is 1.10 bits per heavy atom. The van der Waals surface area contributed by atoms with Gasteiger partial charge >= 0.3 is 12.0 Å². The summed E-state index contributed by atoms with van der Waals surface area (Å²) in [7, 11) is 1.89. The number of amides is 2. The third-order valence-corrected chi connectivity index (χ3v) is 4.04. The second kappa shape index (κ2) is 9.61. The molecule has 20 heavy (non-hydrogen) atoms. The van der Waals surface area contributed by atoms with Gasteiger partial charge in [0, 0.05) is 26.1 Å². The Morgan fingerprint density at radius 2 is 1.75 bits per heavy atom. The van der Waals surface area contributed by atoms with Crippen molar-refractivity contribution in [3.8, 4) is 0 Å². The summed E-state index contributed by atoms with van der Waals surface area (Å²) in [6.45, 7) is 0.683. The van der Waals surface area contributed by atoms with Crippen LogP contribution >= 0.6 is 0 Å². The van der Waals surface area contributed by atoms with E-state index in [1.807, 2.05) is 11.9 Å². The highest BCUT2D eigenvalue weighted by atomic mass is 16.4. The molecule has 0 spiro atoms. The fourth-order valence-corrected chi connectivity index (χ4v) is 2.71. The van der Waals surface area contributed by atoms with Crippen molar-refractivity contribution in [1.29, 1.82) is 0 Å². The maximum Gasteiger partial charge on any atom is 0.317 e. The smallest absolute Gasteiger partial charge is 0.317 e. The van der Waals surface area contributed by atoms with E-state index < -0.39 is 5.97 Å². The van der Waals surface area contributed by atoms with Crippen LogP contribution in [-0.2, 0) is 4.79 Å². The first-order valence-corrected chi connectivity index (χ1v) is 7.83. The molecule has 1 fully saturated rings. The number of unbranched alkanes of at least 4 members (excludes halogenated alkanes) is 3. The molecule has 1 rings (SSSR count). The molecule has 0 aromatic heterocycles. The summed E-state index contributed by atoms with van der Waals surface area (Å²) in [5.41, 5.74) is 0. The maximum absolute atomic E-state index is 12.0. The molecule has 0 aliphatic heterocycles. The topological polar surface area (TPSA) is 69.6 Å². The first-order chi connectivity index (χ1) is 9.61. The molecule has 1 saturated carbocycles. The van der Waals surface area contributed by atoms with Gasteiger partial charge in [-0.1, -0.05) is 32.1 Å². The number of nitrogens with one attached hydrogen (secondary N) is 1. The third kappa shape index (κ3) is 6.78. The standard InChI is InChI=1S/C15H28N2O3/c1-17(13-9-5-4-6-10-13)15(20)16-12-8-3-2-7-11-14(18)19/h13H,2-12H2,1H3,(H,16,20)(H,18,19). The lowest BCUT2D eigenvalue weighted by Gasteiger charge is -2.31. The molecular formula is C15H28N2O3. The van der Waals surface area contributed by atoms with Gasteiger partial charge in [0.05, 0.1) is 0 Å². The fourth-order valence-electron chi connectivity index (χ4n) is 2.71. The van der Waals surface area contributed by atoms with Crippen LogP contribution in [-0.4, -0.2) is 41.6 Å². The van der Waals surface area contributed by atoms with Crippen LogP contribution in [0.4, 0.5) is 4.79 Å². The van der Waals surface area contributed by atoms with Crippen molar-refractivity contribution in [2.75, 3.05) is 13.6 Å². The molecule has 0 radical (unpaired) electrons. The van der Waals surface area contributed by atoms with Crippen molar-refractivity contribution in [1.82, 2.24) is 10.2 Å². The number of hydrogen-bond donors (Lipinski definition) is 2. The SMILES string of the molecule is CN(C(=O)NCCCCCCC(=O)O)C1CCCCC1. The monoisotopic (exact) mass is 284 g/mol. The van der Waals surface area contributed by atoms with Gasteiger partial charge in [0.2, 0.25) is 0 Å². The number of rotatable bonds is 8. The predicted molar refractivity (Wildman–Crippen MR) is 78.8 cm³/mol. The molecule has 0 atom stereocenters. The van der Waals surface area contributed by atoms with Crippen molar-refractivity contribution in [2.45, 2.75) is 70.3 Å².